The van der Waals surface area contributed by atoms with Gasteiger partial charge in [-0.3, -0.25) is 4.90 Å². The summed E-state index contributed by atoms with van der Waals surface area (Å²) in [6, 6.07) is 3.86. The minimum Gasteiger partial charge on any atom is -0.454 e. The zero-order valence-corrected chi connectivity index (χ0v) is 19.9. The van der Waals surface area contributed by atoms with E-state index in [-0.39, 0.29) is 18.7 Å². The molecule has 33 heavy (non-hydrogen) atoms. The highest BCUT2D eigenvalue weighted by molar-refractivity contribution is 14.1. The summed E-state index contributed by atoms with van der Waals surface area (Å²) in [7, 11) is 0. The molecular weight excluding hydrogens is 542 g/mol. The molecule has 1 aromatic carbocycles. The molecule has 172 valence electrons. The summed E-state index contributed by atoms with van der Waals surface area (Å²) >= 11 is 2.25. The maximum atomic E-state index is 14.0. The van der Waals surface area contributed by atoms with Crippen molar-refractivity contribution in [3.05, 3.63) is 33.2 Å². The molecule has 1 fully saturated rings. The van der Waals surface area contributed by atoms with Gasteiger partial charge in [0, 0.05) is 23.1 Å². The number of imidazole rings is 1. The van der Waals surface area contributed by atoms with Crippen molar-refractivity contribution >= 4 is 39.6 Å². The molecule has 0 spiro atoms. The number of hydrogen-bond donors (Lipinski definition) is 2. The van der Waals surface area contributed by atoms with Gasteiger partial charge in [-0.05, 0) is 53.1 Å². The molecule has 3 N–H and O–H groups in total. The van der Waals surface area contributed by atoms with Crippen LogP contribution in [0, 0.1) is 21.5 Å². The number of anilines is 1. The highest BCUT2D eigenvalue weighted by Crippen LogP contribution is 2.36. The second-order valence-electron chi connectivity index (χ2n) is 8.00. The number of hydrogen-bond acceptors (Lipinski definition) is 8. The summed E-state index contributed by atoms with van der Waals surface area (Å²) in [5, 5.41) is 9.65. The number of ether oxygens (including phenoxy) is 2. The Labute approximate surface area is 203 Å². The maximum Gasteiger partial charge on any atom is 0.312 e. The first-order chi connectivity index (χ1) is 16.0. The largest absolute Gasteiger partial charge is 0.454 e. The van der Waals surface area contributed by atoms with Crippen molar-refractivity contribution in [3.63, 3.8) is 0 Å². The molecule has 5 rings (SSSR count). The number of piperidine rings is 1. The van der Waals surface area contributed by atoms with E-state index in [1.54, 1.807) is 4.57 Å². The van der Waals surface area contributed by atoms with Crippen LogP contribution in [0.25, 0.3) is 11.2 Å². The number of benzene rings is 1. The standard InChI is InChI=1S/C22H22FIN6O3/c23-22-27-20(25)19-21(28-22)30(6-2-1-5-29-7-3-14(31)4-8-29)18(26-19)10-13-9-16-17(11-15(13)24)33-12-32-16/h9,11,14,31H,3-8,10,12H2,(H2,25,27,28). The van der Waals surface area contributed by atoms with Gasteiger partial charge in [0.15, 0.2) is 28.5 Å². The zero-order valence-electron chi connectivity index (χ0n) is 17.7. The van der Waals surface area contributed by atoms with Gasteiger partial charge in [0.1, 0.15) is 5.82 Å². The van der Waals surface area contributed by atoms with E-state index in [4.69, 9.17) is 15.2 Å². The lowest BCUT2D eigenvalue weighted by molar-refractivity contribution is 0.0889. The molecule has 0 unspecified atom stereocenters. The van der Waals surface area contributed by atoms with Crippen LogP contribution in [0.5, 0.6) is 11.5 Å². The van der Waals surface area contributed by atoms with Crippen molar-refractivity contribution in [2.75, 3.05) is 32.2 Å². The van der Waals surface area contributed by atoms with E-state index in [9.17, 15) is 9.50 Å². The van der Waals surface area contributed by atoms with Crippen molar-refractivity contribution in [2.24, 2.45) is 0 Å². The first kappa shape index (κ1) is 22.1. The normalized spacial score (nSPS) is 16.2. The molecule has 2 aliphatic rings. The minimum absolute atomic E-state index is 0.00211. The van der Waals surface area contributed by atoms with Crippen LogP contribution in [0.2, 0.25) is 0 Å². The van der Waals surface area contributed by atoms with Gasteiger partial charge >= 0.3 is 6.08 Å². The number of nitrogen functional groups attached to an aromatic ring is 1. The van der Waals surface area contributed by atoms with Crippen molar-refractivity contribution in [2.45, 2.75) is 31.9 Å². The molecule has 0 radical (unpaired) electrons. The van der Waals surface area contributed by atoms with Crippen LogP contribution < -0.4 is 15.2 Å². The van der Waals surface area contributed by atoms with Crippen LogP contribution >= 0.6 is 22.6 Å². The summed E-state index contributed by atoms with van der Waals surface area (Å²) in [5.74, 6) is 8.39. The molecule has 11 heteroatoms. The highest BCUT2D eigenvalue weighted by atomic mass is 127. The van der Waals surface area contributed by atoms with Gasteiger partial charge in [0.2, 0.25) is 6.79 Å². The summed E-state index contributed by atoms with van der Waals surface area (Å²) in [6.07, 6.45) is 0.875. The van der Waals surface area contributed by atoms with E-state index in [2.05, 4.69) is 54.3 Å². The van der Waals surface area contributed by atoms with E-state index >= 15 is 0 Å². The average molecular weight is 564 g/mol. The topological polar surface area (TPSA) is 112 Å². The smallest absolute Gasteiger partial charge is 0.312 e. The van der Waals surface area contributed by atoms with Gasteiger partial charge in [-0.25, -0.2) is 4.98 Å². The number of rotatable bonds is 4. The quantitative estimate of drug-likeness (QED) is 0.281. The monoisotopic (exact) mass is 564 g/mol. The minimum atomic E-state index is -0.898. The fourth-order valence-electron chi connectivity index (χ4n) is 3.99. The Morgan fingerprint density at radius 1 is 1.12 bits per heavy atom. The van der Waals surface area contributed by atoms with Gasteiger partial charge in [0.25, 0.3) is 0 Å². The second-order valence-corrected chi connectivity index (χ2v) is 9.16. The first-order valence-corrected chi connectivity index (χ1v) is 11.7. The lowest BCUT2D eigenvalue weighted by atomic mass is 10.1. The Balaban J connectivity index is 1.43. The Morgan fingerprint density at radius 3 is 2.64 bits per heavy atom. The molecule has 0 aliphatic carbocycles. The molecule has 0 amide bonds. The maximum absolute atomic E-state index is 14.0. The van der Waals surface area contributed by atoms with Crippen LogP contribution in [0.4, 0.5) is 10.2 Å². The molecule has 1 saturated heterocycles. The van der Waals surface area contributed by atoms with E-state index in [0.29, 0.717) is 48.0 Å². The van der Waals surface area contributed by atoms with E-state index in [0.717, 1.165) is 35.1 Å². The van der Waals surface area contributed by atoms with Gasteiger partial charge < -0.3 is 24.9 Å². The molecule has 0 bridgehead atoms. The Kier molecular flexibility index (Phi) is 6.22. The van der Waals surface area contributed by atoms with Crippen molar-refractivity contribution in [3.8, 4) is 23.3 Å². The summed E-state index contributed by atoms with van der Waals surface area (Å²) in [4.78, 5) is 14.4. The molecule has 4 heterocycles. The third-order valence-corrected chi connectivity index (χ3v) is 6.79. The molecule has 2 aromatic heterocycles. The first-order valence-electron chi connectivity index (χ1n) is 10.6. The van der Waals surface area contributed by atoms with Crippen molar-refractivity contribution < 1.29 is 19.0 Å². The number of aliphatic hydroxyl groups excluding tert-OH is 1. The number of aromatic nitrogens is 4. The predicted octanol–water partition coefficient (Wildman–Crippen LogP) is 1.93. The highest BCUT2D eigenvalue weighted by Gasteiger charge is 2.21. The number of nitrogens with zero attached hydrogens (tertiary/aromatic N) is 5. The van der Waals surface area contributed by atoms with Crippen molar-refractivity contribution in [1.82, 2.24) is 24.4 Å². The lowest BCUT2D eigenvalue weighted by Gasteiger charge is -2.27. The molecule has 3 aromatic rings. The number of nitrogens with two attached hydrogens (primary N) is 1. The van der Waals surface area contributed by atoms with Gasteiger partial charge in [-0.1, -0.05) is 11.8 Å². The summed E-state index contributed by atoms with van der Waals surface area (Å²) in [5.41, 5.74) is 7.60. The van der Waals surface area contributed by atoms with E-state index in [1.807, 2.05) is 12.1 Å². The zero-order chi connectivity index (χ0) is 22.9. The molecular formula is C22H22FIN6O3. The third-order valence-electron chi connectivity index (χ3n) is 5.79. The molecule has 9 nitrogen and oxygen atoms in total. The number of halogens is 2. The van der Waals surface area contributed by atoms with Gasteiger partial charge in [-0.15, -0.1) is 0 Å². The van der Waals surface area contributed by atoms with E-state index in [1.165, 1.54) is 0 Å². The SMILES string of the molecule is Nc1nc(F)nc2c1nc(Cc1cc3c(cc1I)OCO3)n2CC#CCN1CCC(O)CC1. The van der Waals surface area contributed by atoms with Crippen molar-refractivity contribution in [1.29, 1.82) is 0 Å². The molecule has 0 atom stereocenters. The predicted molar refractivity (Wildman–Crippen MR) is 127 cm³/mol. The second kappa shape index (κ2) is 9.28. The molecule has 2 aliphatic heterocycles. The van der Waals surface area contributed by atoms with Crippen LogP contribution in [0.15, 0.2) is 12.1 Å². The average Bonchev–Trinajstić information content (AvgIpc) is 3.37. The Hall–Kier alpha value is -2.69. The van der Waals surface area contributed by atoms with Crippen LogP contribution in [0.1, 0.15) is 24.2 Å². The van der Waals surface area contributed by atoms with Gasteiger partial charge in [0.05, 0.1) is 19.2 Å². The number of fused-ring (bicyclic) bond motifs is 2. The van der Waals surface area contributed by atoms with Gasteiger partial charge in [-0.2, -0.15) is 14.4 Å². The number of likely N-dealkylation sites (tertiary alicyclic amines) is 1. The Morgan fingerprint density at radius 2 is 1.85 bits per heavy atom. The molecule has 0 saturated carbocycles. The third kappa shape index (κ3) is 4.68. The number of aliphatic hydroxyl groups is 1. The van der Waals surface area contributed by atoms with Crippen LogP contribution in [-0.2, 0) is 13.0 Å². The summed E-state index contributed by atoms with van der Waals surface area (Å²) in [6.45, 7) is 2.75. The summed E-state index contributed by atoms with van der Waals surface area (Å²) < 4.78 is 27.7. The van der Waals surface area contributed by atoms with Crippen LogP contribution in [-0.4, -0.2) is 62.1 Å². The Bertz CT molecular complexity index is 1260. The van der Waals surface area contributed by atoms with Crippen LogP contribution in [0.3, 0.4) is 0 Å². The lowest BCUT2D eigenvalue weighted by Crippen LogP contribution is -2.35. The fourth-order valence-corrected chi connectivity index (χ4v) is 4.61. The van der Waals surface area contributed by atoms with E-state index < -0.39 is 6.08 Å². The fraction of sp³-hybridized carbons (Fsp3) is 0.409.